The van der Waals surface area contributed by atoms with Gasteiger partial charge in [0.15, 0.2) is 11.5 Å². The van der Waals surface area contributed by atoms with Crippen LogP contribution in [0.25, 0.3) is 11.1 Å². The summed E-state index contributed by atoms with van der Waals surface area (Å²) in [6.07, 6.45) is 6.06. The van der Waals surface area contributed by atoms with Gasteiger partial charge in [0.1, 0.15) is 5.52 Å². The van der Waals surface area contributed by atoms with Crippen LogP contribution in [0.1, 0.15) is 30.2 Å². The fourth-order valence-electron chi connectivity index (χ4n) is 3.21. The summed E-state index contributed by atoms with van der Waals surface area (Å²) in [4.78, 5) is 11.2. The number of pyridine rings is 1. The van der Waals surface area contributed by atoms with Gasteiger partial charge < -0.3 is 4.42 Å². The average molecular weight is 293 g/mol. The number of para-hydroxylation sites is 2. The van der Waals surface area contributed by atoms with Crippen molar-refractivity contribution >= 4 is 11.1 Å². The van der Waals surface area contributed by atoms with Crippen molar-refractivity contribution < 1.29 is 4.42 Å². The molecule has 4 nitrogen and oxygen atoms in total. The smallest absolute Gasteiger partial charge is 0.199 e. The lowest BCUT2D eigenvalue weighted by Crippen LogP contribution is -2.34. The van der Waals surface area contributed by atoms with Gasteiger partial charge in [-0.3, -0.25) is 9.88 Å². The molecule has 1 aliphatic heterocycles. The number of benzene rings is 1. The Morgan fingerprint density at radius 2 is 2.00 bits per heavy atom. The van der Waals surface area contributed by atoms with Crippen molar-refractivity contribution in [2.75, 3.05) is 13.1 Å². The van der Waals surface area contributed by atoms with Crippen molar-refractivity contribution in [2.45, 2.75) is 25.3 Å². The van der Waals surface area contributed by atoms with Crippen LogP contribution in [-0.4, -0.2) is 28.0 Å². The first-order valence-electron chi connectivity index (χ1n) is 7.85. The lowest BCUT2D eigenvalue weighted by atomic mass is 9.97. The Kier molecular flexibility index (Phi) is 3.60. The van der Waals surface area contributed by atoms with E-state index < -0.39 is 0 Å². The van der Waals surface area contributed by atoms with Crippen LogP contribution in [0.5, 0.6) is 0 Å². The predicted molar refractivity (Wildman–Crippen MR) is 85.5 cm³/mol. The quantitative estimate of drug-likeness (QED) is 0.740. The second-order valence-electron chi connectivity index (χ2n) is 5.95. The lowest BCUT2D eigenvalue weighted by molar-refractivity contribution is 0.187. The van der Waals surface area contributed by atoms with Crippen LogP contribution in [0.2, 0.25) is 0 Å². The summed E-state index contributed by atoms with van der Waals surface area (Å²) in [5.41, 5.74) is 3.17. The average Bonchev–Trinajstić information content (AvgIpc) is 3.00. The molecule has 3 aromatic rings. The molecule has 3 heterocycles. The van der Waals surface area contributed by atoms with Crippen molar-refractivity contribution in [2.24, 2.45) is 0 Å². The number of aromatic nitrogens is 2. The molecule has 0 bridgehead atoms. The van der Waals surface area contributed by atoms with Gasteiger partial charge in [-0.05, 0) is 49.2 Å². The first-order chi connectivity index (χ1) is 10.9. The maximum atomic E-state index is 5.96. The second-order valence-corrected chi connectivity index (χ2v) is 5.95. The molecule has 1 aliphatic rings. The maximum Gasteiger partial charge on any atom is 0.199 e. The van der Waals surface area contributed by atoms with Gasteiger partial charge in [0.2, 0.25) is 0 Å². The molecule has 22 heavy (non-hydrogen) atoms. The normalized spacial score (nSPS) is 19.5. The lowest BCUT2D eigenvalue weighted by Gasteiger charge is -2.31. The number of hydrogen-bond donors (Lipinski definition) is 0. The highest BCUT2D eigenvalue weighted by molar-refractivity contribution is 5.72. The molecule has 1 fully saturated rings. The van der Waals surface area contributed by atoms with E-state index in [1.807, 2.05) is 36.7 Å². The molecule has 112 valence electrons. The number of nitrogens with zero attached hydrogens (tertiary/aromatic N) is 3. The SMILES string of the molecule is c1ccc2oc(C3CCCN(Cc4ccncc4)C3)nc2c1. The molecule has 0 saturated carbocycles. The molecule has 1 saturated heterocycles. The molecule has 1 atom stereocenters. The third-order valence-electron chi connectivity index (χ3n) is 4.32. The second kappa shape index (κ2) is 5.89. The summed E-state index contributed by atoms with van der Waals surface area (Å²) in [5.74, 6) is 1.28. The van der Waals surface area contributed by atoms with E-state index in [9.17, 15) is 0 Å². The van der Waals surface area contributed by atoms with E-state index >= 15 is 0 Å². The third-order valence-corrected chi connectivity index (χ3v) is 4.32. The van der Waals surface area contributed by atoms with Gasteiger partial charge in [0.25, 0.3) is 0 Å². The minimum Gasteiger partial charge on any atom is -0.440 e. The maximum absolute atomic E-state index is 5.96. The van der Waals surface area contributed by atoms with Crippen molar-refractivity contribution in [1.29, 1.82) is 0 Å². The molecule has 0 aliphatic carbocycles. The van der Waals surface area contributed by atoms with Gasteiger partial charge >= 0.3 is 0 Å². The Hall–Kier alpha value is -2.20. The standard InChI is InChI=1S/C18H19N3O/c1-2-6-17-16(5-1)20-18(22-17)15-4-3-11-21(13-15)12-14-7-9-19-10-8-14/h1-2,5-10,15H,3-4,11-13H2. The molecule has 1 unspecified atom stereocenters. The molecule has 2 aromatic heterocycles. The Morgan fingerprint density at radius 3 is 2.86 bits per heavy atom. The summed E-state index contributed by atoms with van der Waals surface area (Å²) in [5, 5.41) is 0. The van der Waals surface area contributed by atoms with Crippen LogP contribution in [0.3, 0.4) is 0 Å². The molecule has 4 heteroatoms. The van der Waals surface area contributed by atoms with E-state index in [1.165, 1.54) is 12.0 Å². The van der Waals surface area contributed by atoms with Crippen LogP contribution in [0.4, 0.5) is 0 Å². The van der Waals surface area contributed by atoms with Crippen LogP contribution in [0.15, 0.2) is 53.2 Å². The van der Waals surface area contributed by atoms with Crippen LogP contribution in [-0.2, 0) is 6.54 Å². The molecule has 4 rings (SSSR count). The van der Waals surface area contributed by atoms with Gasteiger partial charge in [0.05, 0.1) is 0 Å². The summed E-state index contributed by atoms with van der Waals surface area (Å²) in [6, 6.07) is 12.2. The van der Waals surface area contributed by atoms with E-state index in [0.717, 1.165) is 43.0 Å². The van der Waals surface area contributed by atoms with E-state index in [4.69, 9.17) is 4.42 Å². The fourth-order valence-corrected chi connectivity index (χ4v) is 3.21. The topological polar surface area (TPSA) is 42.2 Å². The fraction of sp³-hybridized carbons (Fsp3) is 0.333. The van der Waals surface area contributed by atoms with Crippen molar-refractivity contribution in [1.82, 2.24) is 14.9 Å². The predicted octanol–water partition coefficient (Wildman–Crippen LogP) is 3.60. The molecule has 0 amide bonds. The molecular weight excluding hydrogens is 274 g/mol. The minimum atomic E-state index is 0.392. The van der Waals surface area contributed by atoms with E-state index in [0.29, 0.717) is 5.92 Å². The van der Waals surface area contributed by atoms with Crippen molar-refractivity contribution in [3.8, 4) is 0 Å². The zero-order valence-electron chi connectivity index (χ0n) is 12.5. The number of hydrogen-bond acceptors (Lipinski definition) is 4. The van der Waals surface area contributed by atoms with Crippen molar-refractivity contribution in [3.05, 3.63) is 60.2 Å². The monoisotopic (exact) mass is 293 g/mol. The van der Waals surface area contributed by atoms with E-state index in [1.54, 1.807) is 0 Å². The number of fused-ring (bicyclic) bond motifs is 1. The van der Waals surface area contributed by atoms with Gasteiger partial charge in [0, 0.05) is 31.4 Å². The number of rotatable bonds is 3. The van der Waals surface area contributed by atoms with Crippen LogP contribution in [0, 0.1) is 0 Å². The van der Waals surface area contributed by atoms with Gasteiger partial charge in [-0.25, -0.2) is 4.98 Å². The highest BCUT2D eigenvalue weighted by atomic mass is 16.3. The van der Waals surface area contributed by atoms with E-state index in [2.05, 4.69) is 27.0 Å². The number of piperidine rings is 1. The Labute approximate surface area is 129 Å². The Balaban J connectivity index is 1.50. The van der Waals surface area contributed by atoms with Gasteiger partial charge in [-0.1, -0.05) is 12.1 Å². The molecule has 1 aromatic carbocycles. The summed E-state index contributed by atoms with van der Waals surface area (Å²) < 4.78 is 5.96. The van der Waals surface area contributed by atoms with Crippen LogP contribution < -0.4 is 0 Å². The largest absolute Gasteiger partial charge is 0.440 e. The first-order valence-corrected chi connectivity index (χ1v) is 7.85. The molecule has 0 radical (unpaired) electrons. The van der Waals surface area contributed by atoms with Crippen LogP contribution >= 0.6 is 0 Å². The summed E-state index contributed by atoms with van der Waals surface area (Å²) in [7, 11) is 0. The minimum absolute atomic E-state index is 0.392. The van der Waals surface area contributed by atoms with E-state index in [-0.39, 0.29) is 0 Å². The number of likely N-dealkylation sites (tertiary alicyclic amines) is 1. The zero-order chi connectivity index (χ0) is 14.8. The van der Waals surface area contributed by atoms with Crippen molar-refractivity contribution in [3.63, 3.8) is 0 Å². The summed E-state index contributed by atoms with van der Waals surface area (Å²) in [6.45, 7) is 3.12. The van der Waals surface area contributed by atoms with Gasteiger partial charge in [-0.15, -0.1) is 0 Å². The highest BCUT2D eigenvalue weighted by Gasteiger charge is 2.25. The summed E-state index contributed by atoms with van der Waals surface area (Å²) >= 11 is 0. The zero-order valence-corrected chi connectivity index (χ0v) is 12.5. The highest BCUT2D eigenvalue weighted by Crippen LogP contribution is 2.29. The number of oxazole rings is 1. The third kappa shape index (κ3) is 2.74. The first kappa shape index (κ1) is 13.5. The Bertz CT molecular complexity index is 720. The Morgan fingerprint density at radius 1 is 1.14 bits per heavy atom. The van der Waals surface area contributed by atoms with Gasteiger partial charge in [-0.2, -0.15) is 0 Å². The molecule has 0 spiro atoms. The molecule has 0 N–H and O–H groups in total. The molecular formula is C18H19N3O.